The van der Waals surface area contributed by atoms with Crippen molar-refractivity contribution in [3.63, 3.8) is 0 Å². The molecule has 2 aromatic rings. The van der Waals surface area contributed by atoms with Crippen LogP contribution in [0.25, 0.3) is 11.1 Å². The zero-order valence-corrected chi connectivity index (χ0v) is 15.7. The van der Waals surface area contributed by atoms with Crippen molar-refractivity contribution in [1.29, 1.82) is 0 Å². The molecule has 1 heterocycles. The molecule has 1 spiro atoms. The minimum atomic E-state index is -3.17. The summed E-state index contributed by atoms with van der Waals surface area (Å²) >= 11 is 5.99. The third kappa shape index (κ3) is 3.13. The Morgan fingerprint density at radius 1 is 1.00 bits per heavy atom. The Morgan fingerprint density at radius 2 is 1.68 bits per heavy atom. The van der Waals surface area contributed by atoms with Crippen LogP contribution in [0.15, 0.2) is 47.5 Å². The van der Waals surface area contributed by atoms with Crippen molar-refractivity contribution in [1.82, 2.24) is 4.98 Å². The van der Waals surface area contributed by atoms with Crippen LogP contribution in [0.4, 0.5) is 0 Å². The van der Waals surface area contributed by atoms with Gasteiger partial charge in [-0.15, -0.1) is 0 Å². The van der Waals surface area contributed by atoms with Crippen LogP contribution in [0.5, 0.6) is 0 Å². The summed E-state index contributed by atoms with van der Waals surface area (Å²) in [6.45, 7) is 0. The van der Waals surface area contributed by atoms with Gasteiger partial charge in [-0.1, -0.05) is 30.2 Å². The molecule has 1 saturated carbocycles. The van der Waals surface area contributed by atoms with Gasteiger partial charge in [0.1, 0.15) is 0 Å². The molecule has 0 radical (unpaired) electrons. The molecular weight excluding hydrogens is 354 g/mol. The summed E-state index contributed by atoms with van der Waals surface area (Å²) in [5.74, 6) is 0. The fourth-order valence-electron chi connectivity index (χ4n) is 4.04. The second-order valence-electron chi connectivity index (χ2n) is 7.32. The molecule has 0 N–H and O–H groups in total. The van der Waals surface area contributed by atoms with E-state index in [2.05, 4.69) is 4.98 Å². The molecule has 2 aliphatic carbocycles. The van der Waals surface area contributed by atoms with Gasteiger partial charge in [-0.25, -0.2) is 8.42 Å². The van der Waals surface area contributed by atoms with Gasteiger partial charge in [0.05, 0.1) is 15.6 Å². The van der Waals surface area contributed by atoms with E-state index in [1.54, 1.807) is 18.3 Å². The van der Waals surface area contributed by atoms with E-state index in [1.807, 2.05) is 24.3 Å². The predicted molar refractivity (Wildman–Crippen MR) is 101 cm³/mol. The number of nitrogens with zero attached hydrogens (tertiary/aromatic N) is 1. The molecule has 0 amide bonds. The molecule has 4 rings (SSSR count). The summed E-state index contributed by atoms with van der Waals surface area (Å²) in [6, 6.07) is 11.1. The van der Waals surface area contributed by atoms with Crippen LogP contribution >= 0.6 is 11.6 Å². The third-order valence-corrected chi connectivity index (χ3v) is 6.90. The lowest BCUT2D eigenvalue weighted by molar-refractivity contribution is 0.157. The minimum absolute atomic E-state index is 0.361. The maximum atomic E-state index is 11.7. The van der Waals surface area contributed by atoms with Crippen molar-refractivity contribution in [2.45, 2.75) is 37.0 Å². The van der Waals surface area contributed by atoms with E-state index in [-0.39, 0.29) is 0 Å². The number of hydrogen-bond acceptors (Lipinski definition) is 3. The van der Waals surface area contributed by atoms with E-state index in [0.29, 0.717) is 15.3 Å². The first-order valence-corrected chi connectivity index (χ1v) is 10.8. The zero-order valence-electron chi connectivity index (χ0n) is 14.1. The second-order valence-corrected chi connectivity index (χ2v) is 9.77. The number of sulfone groups is 1. The van der Waals surface area contributed by atoms with Gasteiger partial charge in [0, 0.05) is 12.5 Å². The van der Waals surface area contributed by atoms with E-state index >= 15 is 0 Å². The number of hydrogen-bond donors (Lipinski definition) is 0. The van der Waals surface area contributed by atoms with Crippen molar-refractivity contribution in [2.75, 3.05) is 6.26 Å². The minimum Gasteiger partial charge on any atom is -0.255 e. The molecule has 2 aliphatic rings. The summed E-state index contributed by atoms with van der Waals surface area (Å²) in [6.07, 6.45) is 8.84. The zero-order chi connectivity index (χ0) is 17.7. The predicted octanol–water partition coefficient (Wildman–Crippen LogP) is 5.01. The summed E-state index contributed by atoms with van der Waals surface area (Å²) in [4.78, 5) is 4.89. The Labute approximate surface area is 153 Å². The van der Waals surface area contributed by atoms with Crippen LogP contribution in [0, 0.1) is 5.41 Å². The van der Waals surface area contributed by atoms with E-state index in [0.717, 1.165) is 24.1 Å². The average molecular weight is 374 g/mol. The standard InChI is InChI=1S/C20H20ClNO2S/c1-25(23,24)16-6-3-14(4-7-16)17-11-20(9-2-10-20)12-18(17)19-8-5-15(21)13-22-19/h3-8,13H,2,9-12H2,1H3. The van der Waals surface area contributed by atoms with Crippen molar-refractivity contribution < 1.29 is 8.42 Å². The number of allylic oxidation sites excluding steroid dienone is 2. The molecule has 0 atom stereocenters. The SMILES string of the molecule is CS(=O)(=O)c1ccc(C2=C(c3ccc(Cl)cn3)CC3(CCC3)C2)cc1. The first-order chi connectivity index (χ1) is 11.9. The summed E-state index contributed by atoms with van der Waals surface area (Å²) in [5.41, 5.74) is 5.04. The molecular formula is C20H20ClNO2S. The lowest BCUT2D eigenvalue weighted by Gasteiger charge is -2.39. The number of aromatic nitrogens is 1. The summed E-state index contributed by atoms with van der Waals surface area (Å²) in [7, 11) is -3.17. The Hall–Kier alpha value is -1.65. The highest BCUT2D eigenvalue weighted by atomic mass is 35.5. The molecule has 0 aliphatic heterocycles. The van der Waals surface area contributed by atoms with Gasteiger partial charge in [0.2, 0.25) is 0 Å². The normalized spacial score (nSPS) is 19.3. The van der Waals surface area contributed by atoms with Crippen LogP contribution in [-0.4, -0.2) is 19.7 Å². The quantitative estimate of drug-likeness (QED) is 0.759. The van der Waals surface area contributed by atoms with E-state index < -0.39 is 9.84 Å². The van der Waals surface area contributed by atoms with Crippen LogP contribution in [0.3, 0.4) is 0 Å². The van der Waals surface area contributed by atoms with Gasteiger partial charge < -0.3 is 0 Å². The molecule has 1 aromatic heterocycles. The molecule has 0 saturated heterocycles. The van der Waals surface area contributed by atoms with E-state index in [4.69, 9.17) is 11.6 Å². The van der Waals surface area contributed by atoms with Gasteiger partial charge in [-0.05, 0) is 72.1 Å². The van der Waals surface area contributed by atoms with Crippen LogP contribution < -0.4 is 0 Å². The molecule has 130 valence electrons. The Morgan fingerprint density at radius 3 is 2.20 bits per heavy atom. The molecule has 1 aromatic carbocycles. The molecule has 0 bridgehead atoms. The van der Waals surface area contributed by atoms with Crippen molar-refractivity contribution in [3.05, 3.63) is 58.9 Å². The molecule has 3 nitrogen and oxygen atoms in total. The molecule has 5 heteroatoms. The van der Waals surface area contributed by atoms with Gasteiger partial charge in [0.15, 0.2) is 9.84 Å². The number of halogens is 1. The second kappa shape index (κ2) is 5.96. The fourth-order valence-corrected chi connectivity index (χ4v) is 4.78. The first kappa shape index (κ1) is 16.8. The highest BCUT2D eigenvalue weighted by molar-refractivity contribution is 7.90. The average Bonchev–Trinajstić information content (AvgIpc) is 2.96. The topological polar surface area (TPSA) is 47.0 Å². The summed E-state index contributed by atoms with van der Waals surface area (Å²) in [5, 5.41) is 0.639. The van der Waals surface area contributed by atoms with Gasteiger partial charge in [0.25, 0.3) is 0 Å². The lowest BCUT2D eigenvalue weighted by atomic mass is 9.66. The van der Waals surface area contributed by atoms with Crippen molar-refractivity contribution in [3.8, 4) is 0 Å². The van der Waals surface area contributed by atoms with Crippen LogP contribution in [0.2, 0.25) is 5.02 Å². The highest BCUT2D eigenvalue weighted by Gasteiger charge is 2.44. The highest BCUT2D eigenvalue weighted by Crippen LogP contribution is 2.59. The van der Waals surface area contributed by atoms with Crippen LogP contribution in [-0.2, 0) is 9.84 Å². The van der Waals surface area contributed by atoms with E-state index in [9.17, 15) is 8.42 Å². The molecule has 25 heavy (non-hydrogen) atoms. The Kier molecular flexibility index (Phi) is 4.00. The lowest BCUT2D eigenvalue weighted by Crippen LogP contribution is -2.26. The first-order valence-electron chi connectivity index (χ1n) is 8.51. The fraction of sp³-hybridized carbons (Fsp3) is 0.350. The van der Waals surface area contributed by atoms with Gasteiger partial charge >= 0.3 is 0 Å². The Balaban J connectivity index is 1.77. The largest absolute Gasteiger partial charge is 0.255 e. The van der Waals surface area contributed by atoms with Crippen molar-refractivity contribution in [2.24, 2.45) is 5.41 Å². The number of pyridine rings is 1. The van der Waals surface area contributed by atoms with Gasteiger partial charge in [-0.2, -0.15) is 0 Å². The maximum Gasteiger partial charge on any atom is 0.175 e. The van der Waals surface area contributed by atoms with Crippen molar-refractivity contribution >= 4 is 32.6 Å². The Bertz CT molecular complexity index is 940. The molecule has 0 unspecified atom stereocenters. The monoisotopic (exact) mass is 373 g/mol. The summed E-state index contributed by atoms with van der Waals surface area (Å²) < 4.78 is 23.4. The number of benzene rings is 1. The van der Waals surface area contributed by atoms with E-state index in [1.165, 1.54) is 36.7 Å². The molecule has 1 fully saturated rings. The third-order valence-electron chi connectivity index (χ3n) is 5.55. The number of rotatable bonds is 3. The van der Waals surface area contributed by atoms with Crippen LogP contribution in [0.1, 0.15) is 43.4 Å². The maximum absolute atomic E-state index is 11.7. The smallest absolute Gasteiger partial charge is 0.175 e. The van der Waals surface area contributed by atoms with Gasteiger partial charge in [-0.3, -0.25) is 4.98 Å².